The van der Waals surface area contributed by atoms with Gasteiger partial charge in [0.1, 0.15) is 5.75 Å². The van der Waals surface area contributed by atoms with Crippen LogP contribution in [0.15, 0.2) is 41.4 Å². The molecule has 0 spiro atoms. The molecule has 4 aliphatic rings. The number of rotatable bonds is 2. The SMILES string of the molecule is NC1=Nc2cc(F)c3cc2CN1[C@H](C1CCCCC1)CCC(=O)N(C1CCCCC1)CCc1cccc(c1)O3. The Bertz CT molecular complexity index is 1220. The molecule has 2 aliphatic carbocycles. The van der Waals surface area contributed by atoms with Crippen LogP contribution in [0.1, 0.15) is 88.2 Å². The fourth-order valence-electron chi connectivity index (χ4n) is 7.26. The van der Waals surface area contributed by atoms with Crippen molar-refractivity contribution in [2.45, 2.75) is 102 Å². The van der Waals surface area contributed by atoms with E-state index in [1.54, 1.807) is 6.07 Å². The van der Waals surface area contributed by atoms with Crippen LogP contribution in [0.2, 0.25) is 0 Å². The minimum Gasteiger partial charge on any atom is -0.454 e. The van der Waals surface area contributed by atoms with Gasteiger partial charge in [-0.1, -0.05) is 50.7 Å². The van der Waals surface area contributed by atoms with Gasteiger partial charge in [-0.2, -0.15) is 0 Å². The van der Waals surface area contributed by atoms with Gasteiger partial charge in [0.25, 0.3) is 0 Å². The molecule has 6 nitrogen and oxygen atoms in total. The monoisotopic (exact) mass is 532 g/mol. The molecule has 2 fully saturated rings. The number of aliphatic imine (C=N–C) groups is 1. The first-order valence-corrected chi connectivity index (χ1v) is 15.0. The summed E-state index contributed by atoms with van der Waals surface area (Å²) >= 11 is 0. The molecule has 1 amide bonds. The first-order chi connectivity index (χ1) is 19.0. The van der Waals surface area contributed by atoms with E-state index in [4.69, 9.17) is 10.5 Å². The van der Waals surface area contributed by atoms with Gasteiger partial charge in [0.2, 0.25) is 5.91 Å². The molecule has 2 heterocycles. The molecule has 208 valence electrons. The second-order valence-corrected chi connectivity index (χ2v) is 11.9. The number of amides is 1. The topological polar surface area (TPSA) is 71.2 Å². The fraction of sp³-hybridized carbons (Fsp3) is 0.562. The lowest BCUT2D eigenvalue weighted by Crippen LogP contribution is -2.50. The first kappa shape index (κ1) is 26.1. The quantitative estimate of drug-likeness (QED) is 0.460. The van der Waals surface area contributed by atoms with Crippen LogP contribution < -0.4 is 10.5 Å². The number of ether oxygens (including phenoxy) is 1. The molecule has 6 rings (SSSR count). The molecule has 39 heavy (non-hydrogen) atoms. The number of carbonyl (C=O) groups excluding carboxylic acids is 1. The highest BCUT2D eigenvalue weighted by Crippen LogP contribution is 2.38. The highest BCUT2D eigenvalue weighted by Gasteiger charge is 2.34. The average Bonchev–Trinajstić information content (AvgIpc) is 2.95. The van der Waals surface area contributed by atoms with Gasteiger partial charge in [-0.05, 0) is 68.2 Å². The minimum atomic E-state index is -0.442. The van der Waals surface area contributed by atoms with Crippen molar-refractivity contribution in [1.29, 1.82) is 0 Å². The van der Waals surface area contributed by atoms with Crippen LogP contribution in [0.25, 0.3) is 0 Å². The van der Waals surface area contributed by atoms with Crippen molar-refractivity contribution in [3.63, 3.8) is 0 Å². The summed E-state index contributed by atoms with van der Waals surface area (Å²) in [5, 5.41) is 0. The molecule has 2 aromatic rings. The highest BCUT2D eigenvalue weighted by molar-refractivity contribution is 5.84. The van der Waals surface area contributed by atoms with Gasteiger partial charge in [0.05, 0.1) is 5.69 Å². The average molecular weight is 533 g/mol. The van der Waals surface area contributed by atoms with E-state index in [1.165, 1.54) is 44.6 Å². The number of carbonyl (C=O) groups is 1. The lowest BCUT2D eigenvalue weighted by molar-refractivity contribution is -0.134. The number of hydrogen-bond donors (Lipinski definition) is 1. The largest absolute Gasteiger partial charge is 0.454 e. The molecule has 0 unspecified atom stereocenters. The van der Waals surface area contributed by atoms with Gasteiger partial charge in [-0.3, -0.25) is 4.79 Å². The molecule has 5 bridgehead atoms. The van der Waals surface area contributed by atoms with Crippen LogP contribution in [0.5, 0.6) is 11.5 Å². The van der Waals surface area contributed by atoms with Gasteiger partial charge >= 0.3 is 0 Å². The van der Waals surface area contributed by atoms with E-state index in [0.717, 1.165) is 49.7 Å². The van der Waals surface area contributed by atoms with Crippen LogP contribution in [0, 0.1) is 11.7 Å². The number of nitrogens with two attached hydrogens (primary N) is 1. The second kappa shape index (κ2) is 11.6. The molecular weight excluding hydrogens is 491 g/mol. The third-order valence-corrected chi connectivity index (χ3v) is 9.35. The van der Waals surface area contributed by atoms with Crippen LogP contribution in [-0.2, 0) is 17.8 Å². The summed E-state index contributed by atoms with van der Waals surface area (Å²) in [4.78, 5) is 22.9. The molecule has 7 heteroatoms. The molecule has 2 N–H and O–H groups in total. The van der Waals surface area contributed by atoms with E-state index in [2.05, 4.69) is 20.9 Å². The summed E-state index contributed by atoms with van der Waals surface area (Å²) in [7, 11) is 0. The van der Waals surface area contributed by atoms with Gasteiger partial charge in [-0.25, -0.2) is 9.38 Å². The lowest BCUT2D eigenvalue weighted by atomic mass is 9.81. The number of hydrogen-bond acceptors (Lipinski definition) is 5. The Hall–Kier alpha value is -3.09. The fourth-order valence-corrected chi connectivity index (χ4v) is 7.26. The molecule has 0 aromatic heterocycles. The number of guanidine groups is 1. The normalized spacial score (nSPS) is 23.5. The van der Waals surface area contributed by atoms with E-state index in [0.29, 0.717) is 48.9 Å². The van der Waals surface area contributed by atoms with E-state index in [-0.39, 0.29) is 17.7 Å². The van der Waals surface area contributed by atoms with Gasteiger partial charge in [-0.15, -0.1) is 0 Å². The van der Waals surface area contributed by atoms with Crippen molar-refractivity contribution in [3.05, 3.63) is 53.3 Å². The van der Waals surface area contributed by atoms with Crippen molar-refractivity contribution < 1.29 is 13.9 Å². The van der Waals surface area contributed by atoms with E-state index in [1.807, 2.05) is 18.2 Å². The Morgan fingerprint density at radius 3 is 2.46 bits per heavy atom. The van der Waals surface area contributed by atoms with E-state index in [9.17, 15) is 4.79 Å². The Morgan fingerprint density at radius 2 is 1.67 bits per heavy atom. The van der Waals surface area contributed by atoms with Crippen LogP contribution in [0.3, 0.4) is 0 Å². The zero-order valence-corrected chi connectivity index (χ0v) is 22.9. The smallest absolute Gasteiger partial charge is 0.222 e. The van der Waals surface area contributed by atoms with Crippen molar-refractivity contribution in [1.82, 2.24) is 9.80 Å². The standard InChI is InChI=1S/C32H41FN4O2/c33-27-20-28-24-19-30(27)39-26-13-7-8-22(18-26)16-17-36(25-11-5-2-6-12-25)31(38)15-14-29(23-9-3-1-4-10-23)37(21-24)32(34)35-28/h7-8,13,18-20,23,25,29H,1-6,9-12,14-17,21H2,(H2,34,35)/t29-/m0/s1. The van der Waals surface area contributed by atoms with Crippen molar-refractivity contribution in [2.75, 3.05) is 6.54 Å². The zero-order valence-electron chi connectivity index (χ0n) is 22.9. The summed E-state index contributed by atoms with van der Waals surface area (Å²) in [6, 6.07) is 11.5. The summed E-state index contributed by atoms with van der Waals surface area (Å²) in [6.45, 7) is 1.24. The molecule has 2 aliphatic heterocycles. The predicted molar refractivity (Wildman–Crippen MR) is 152 cm³/mol. The third-order valence-electron chi connectivity index (χ3n) is 9.35. The summed E-state index contributed by atoms with van der Waals surface area (Å²) in [5.74, 6) is 1.53. The summed E-state index contributed by atoms with van der Waals surface area (Å²) in [6.07, 6.45) is 13.8. The maximum Gasteiger partial charge on any atom is 0.222 e. The molecule has 1 atom stereocenters. The Balaban J connectivity index is 1.37. The van der Waals surface area contributed by atoms with Crippen molar-refractivity contribution in [2.24, 2.45) is 16.6 Å². The third kappa shape index (κ3) is 5.78. The maximum atomic E-state index is 15.1. The number of nitrogens with zero attached hydrogens (tertiary/aromatic N) is 3. The van der Waals surface area contributed by atoms with Crippen LogP contribution in [0.4, 0.5) is 10.1 Å². The maximum absolute atomic E-state index is 15.1. The van der Waals surface area contributed by atoms with Gasteiger partial charge in [0.15, 0.2) is 17.5 Å². The van der Waals surface area contributed by atoms with E-state index >= 15 is 4.39 Å². The minimum absolute atomic E-state index is 0.134. The Labute approximate surface area is 231 Å². The van der Waals surface area contributed by atoms with E-state index < -0.39 is 5.82 Å². The first-order valence-electron chi connectivity index (χ1n) is 15.0. The van der Waals surface area contributed by atoms with Crippen molar-refractivity contribution in [3.8, 4) is 11.5 Å². The van der Waals surface area contributed by atoms with Gasteiger partial charge < -0.3 is 20.3 Å². The number of halogens is 1. The van der Waals surface area contributed by atoms with Gasteiger partial charge in [0, 0.05) is 43.2 Å². The molecule has 0 saturated heterocycles. The van der Waals surface area contributed by atoms with Crippen molar-refractivity contribution >= 4 is 17.6 Å². The molecule has 2 saturated carbocycles. The second-order valence-electron chi connectivity index (χ2n) is 11.9. The predicted octanol–water partition coefficient (Wildman–Crippen LogP) is 6.83. The zero-order chi connectivity index (χ0) is 26.8. The van der Waals surface area contributed by atoms with Crippen LogP contribution in [-0.4, -0.2) is 40.3 Å². The summed E-state index contributed by atoms with van der Waals surface area (Å²) in [5.41, 5.74) is 9.11. The number of benzene rings is 2. The Kier molecular flexibility index (Phi) is 7.76. The molecule has 0 radical (unpaired) electrons. The summed E-state index contributed by atoms with van der Waals surface area (Å²) < 4.78 is 21.2. The molecular formula is C32H41FN4O2. The number of fused-ring (bicyclic) bond motifs is 4. The highest BCUT2D eigenvalue weighted by atomic mass is 19.1. The van der Waals surface area contributed by atoms with Crippen LogP contribution >= 0.6 is 0 Å². The lowest BCUT2D eigenvalue weighted by Gasteiger charge is -2.42. The molecule has 2 aromatic carbocycles. The Morgan fingerprint density at radius 1 is 0.897 bits per heavy atom.